The first kappa shape index (κ1) is 24.8. The predicted octanol–water partition coefficient (Wildman–Crippen LogP) is 3.71. The van der Waals surface area contributed by atoms with Crippen LogP contribution in [0.1, 0.15) is 35.4 Å². The summed E-state index contributed by atoms with van der Waals surface area (Å²) >= 11 is 6.27. The molecule has 1 spiro atoms. The van der Waals surface area contributed by atoms with Crippen LogP contribution in [0.3, 0.4) is 0 Å². The fourth-order valence-electron chi connectivity index (χ4n) is 4.55. The second-order valence-corrected chi connectivity index (χ2v) is 9.14. The SMILES string of the molecule is Cc1oc(-c2ccccc2Cl)cc1C(=O)N1CCC2(CC1)CC(CN(C)C)OC2=O.O=CO. The molecule has 0 saturated carbocycles. The minimum atomic E-state index is -0.453. The number of carboxylic acid groups (broad SMARTS) is 1. The Hall–Kier alpha value is -2.84. The molecule has 33 heavy (non-hydrogen) atoms. The molecular formula is C24H29ClN2O6. The molecule has 1 aromatic heterocycles. The van der Waals surface area contributed by atoms with Crippen molar-refractivity contribution in [3.8, 4) is 11.3 Å². The molecular weight excluding hydrogens is 448 g/mol. The molecule has 8 nitrogen and oxygen atoms in total. The van der Waals surface area contributed by atoms with Gasteiger partial charge in [-0.05, 0) is 52.1 Å². The van der Waals surface area contributed by atoms with Gasteiger partial charge in [-0.15, -0.1) is 0 Å². The lowest BCUT2D eigenvalue weighted by molar-refractivity contribution is -0.150. The Labute approximate surface area is 198 Å². The number of carbonyl (C=O) groups is 3. The van der Waals surface area contributed by atoms with E-state index in [1.165, 1.54) is 0 Å². The number of esters is 1. The van der Waals surface area contributed by atoms with E-state index >= 15 is 0 Å². The fourth-order valence-corrected chi connectivity index (χ4v) is 4.78. The van der Waals surface area contributed by atoms with E-state index in [0.29, 0.717) is 48.0 Å². The third-order valence-electron chi connectivity index (χ3n) is 6.19. The van der Waals surface area contributed by atoms with E-state index < -0.39 is 5.41 Å². The first-order valence-corrected chi connectivity index (χ1v) is 11.2. The van der Waals surface area contributed by atoms with E-state index in [4.69, 9.17) is 30.7 Å². The van der Waals surface area contributed by atoms with Crippen LogP contribution in [0.4, 0.5) is 0 Å². The largest absolute Gasteiger partial charge is 0.483 e. The van der Waals surface area contributed by atoms with E-state index in [9.17, 15) is 9.59 Å². The number of furan rings is 1. The van der Waals surface area contributed by atoms with E-state index in [0.717, 1.165) is 18.5 Å². The maximum atomic E-state index is 13.2. The quantitative estimate of drug-likeness (QED) is 0.530. The number of carbonyl (C=O) groups excluding carboxylic acids is 2. The number of hydrogen-bond acceptors (Lipinski definition) is 6. The molecule has 3 heterocycles. The van der Waals surface area contributed by atoms with Crippen molar-refractivity contribution in [1.82, 2.24) is 9.80 Å². The summed E-state index contributed by atoms with van der Waals surface area (Å²) < 4.78 is 11.5. The van der Waals surface area contributed by atoms with Crippen molar-refractivity contribution in [3.05, 3.63) is 46.7 Å². The van der Waals surface area contributed by atoms with Crippen LogP contribution in [0.25, 0.3) is 11.3 Å². The van der Waals surface area contributed by atoms with Gasteiger partial charge >= 0.3 is 5.97 Å². The first-order chi connectivity index (χ1) is 15.7. The van der Waals surface area contributed by atoms with Crippen LogP contribution >= 0.6 is 11.6 Å². The number of cyclic esters (lactones) is 1. The molecule has 9 heteroatoms. The molecule has 2 fully saturated rings. The van der Waals surface area contributed by atoms with Gasteiger partial charge in [-0.25, -0.2) is 0 Å². The number of likely N-dealkylation sites (tertiary alicyclic amines) is 1. The van der Waals surface area contributed by atoms with E-state index in [2.05, 4.69) is 0 Å². The number of nitrogens with zero attached hydrogens (tertiary/aromatic N) is 2. The Balaban J connectivity index is 0.000000968. The van der Waals surface area contributed by atoms with Gasteiger partial charge < -0.3 is 24.1 Å². The molecule has 1 amide bonds. The zero-order valence-electron chi connectivity index (χ0n) is 19.0. The predicted molar refractivity (Wildman–Crippen MR) is 123 cm³/mol. The number of aryl methyl sites for hydroxylation is 1. The average molecular weight is 477 g/mol. The highest BCUT2D eigenvalue weighted by molar-refractivity contribution is 6.33. The molecule has 2 saturated heterocycles. The molecule has 0 aliphatic carbocycles. The molecule has 2 aliphatic rings. The van der Waals surface area contributed by atoms with Crippen LogP contribution < -0.4 is 0 Å². The van der Waals surface area contributed by atoms with Gasteiger partial charge in [0.05, 0.1) is 16.0 Å². The minimum Gasteiger partial charge on any atom is -0.483 e. The van der Waals surface area contributed by atoms with Crippen LogP contribution in [0.2, 0.25) is 5.02 Å². The summed E-state index contributed by atoms with van der Waals surface area (Å²) in [5, 5.41) is 7.47. The van der Waals surface area contributed by atoms with Crippen LogP contribution in [-0.4, -0.2) is 73.1 Å². The van der Waals surface area contributed by atoms with Gasteiger partial charge in [0.2, 0.25) is 0 Å². The molecule has 178 valence electrons. The second kappa shape index (κ2) is 10.4. The molecule has 2 aromatic rings. The van der Waals surface area contributed by atoms with Gasteiger partial charge in [0.25, 0.3) is 12.4 Å². The Morgan fingerprint density at radius 1 is 1.30 bits per heavy atom. The lowest BCUT2D eigenvalue weighted by Gasteiger charge is -2.36. The van der Waals surface area contributed by atoms with Crippen molar-refractivity contribution in [1.29, 1.82) is 0 Å². The van der Waals surface area contributed by atoms with Gasteiger partial charge in [0.1, 0.15) is 17.6 Å². The maximum absolute atomic E-state index is 13.2. The van der Waals surface area contributed by atoms with Crippen molar-refractivity contribution in [3.63, 3.8) is 0 Å². The summed E-state index contributed by atoms with van der Waals surface area (Å²) in [5.74, 6) is 0.977. The summed E-state index contributed by atoms with van der Waals surface area (Å²) in [5.41, 5.74) is 0.853. The molecule has 0 radical (unpaired) electrons. The first-order valence-electron chi connectivity index (χ1n) is 10.8. The van der Waals surface area contributed by atoms with Crippen LogP contribution in [0.5, 0.6) is 0 Å². The van der Waals surface area contributed by atoms with E-state index in [-0.39, 0.29) is 24.5 Å². The zero-order chi connectivity index (χ0) is 24.2. The monoisotopic (exact) mass is 476 g/mol. The number of ether oxygens (including phenoxy) is 1. The van der Waals surface area contributed by atoms with Gasteiger partial charge in [-0.2, -0.15) is 0 Å². The Morgan fingerprint density at radius 2 is 1.94 bits per heavy atom. The number of benzene rings is 1. The molecule has 1 aromatic carbocycles. The van der Waals surface area contributed by atoms with Crippen LogP contribution in [0.15, 0.2) is 34.7 Å². The third kappa shape index (κ3) is 5.39. The fraction of sp³-hybridized carbons (Fsp3) is 0.458. The summed E-state index contributed by atoms with van der Waals surface area (Å²) in [6.45, 7) is 3.34. The highest BCUT2D eigenvalue weighted by Gasteiger charge is 2.51. The van der Waals surface area contributed by atoms with Gasteiger partial charge in [-0.1, -0.05) is 23.7 Å². The lowest BCUT2D eigenvalue weighted by Crippen LogP contribution is -2.45. The molecule has 4 rings (SSSR count). The maximum Gasteiger partial charge on any atom is 0.312 e. The number of piperidine rings is 1. The highest BCUT2D eigenvalue weighted by atomic mass is 35.5. The topological polar surface area (TPSA) is 100 Å². The lowest BCUT2D eigenvalue weighted by atomic mass is 9.76. The zero-order valence-corrected chi connectivity index (χ0v) is 19.8. The second-order valence-electron chi connectivity index (χ2n) is 8.73. The average Bonchev–Trinajstić information content (AvgIpc) is 3.28. The molecule has 2 aliphatic heterocycles. The number of halogens is 1. The van der Waals surface area contributed by atoms with Crippen molar-refractivity contribution < 1.29 is 28.6 Å². The minimum absolute atomic E-state index is 0.0657. The number of hydrogen-bond donors (Lipinski definition) is 1. The number of rotatable bonds is 4. The third-order valence-corrected chi connectivity index (χ3v) is 6.52. The number of amides is 1. The Kier molecular flexibility index (Phi) is 7.81. The van der Waals surface area contributed by atoms with Crippen LogP contribution in [0, 0.1) is 12.3 Å². The summed E-state index contributed by atoms with van der Waals surface area (Å²) in [4.78, 5) is 37.9. The Morgan fingerprint density at radius 3 is 2.55 bits per heavy atom. The van der Waals surface area contributed by atoms with Crippen molar-refractivity contribution in [2.24, 2.45) is 5.41 Å². The normalized spacial score (nSPS) is 19.2. The van der Waals surface area contributed by atoms with Crippen molar-refractivity contribution in [2.75, 3.05) is 33.7 Å². The molecule has 1 N–H and O–H groups in total. The molecule has 1 unspecified atom stereocenters. The number of likely N-dealkylation sites (N-methyl/N-ethyl adjacent to an activating group) is 1. The smallest absolute Gasteiger partial charge is 0.312 e. The standard InChI is InChI=1S/C23H27ClN2O4.CH2O2/c1-15-18(12-20(29-15)17-6-4-5-7-19(17)24)21(27)26-10-8-23(9-11-26)13-16(14-25(2)3)30-22(23)28;2-1-3/h4-7,12,16H,8-11,13-14H2,1-3H3;1H,(H,2,3). The molecule has 0 bridgehead atoms. The van der Waals surface area contributed by atoms with Crippen molar-refractivity contribution >= 4 is 29.9 Å². The Bertz CT molecular complexity index is 1010. The summed E-state index contributed by atoms with van der Waals surface area (Å²) in [6.07, 6.45) is 1.93. The van der Waals surface area contributed by atoms with Crippen LogP contribution in [-0.2, 0) is 14.3 Å². The van der Waals surface area contributed by atoms with Gasteiger partial charge in [0.15, 0.2) is 0 Å². The summed E-state index contributed by atoms with van der Waals surface area (Å²) in [6, 6.07) is 9.17. The summed E-state index contributed by atoms with van der Waals surface area (Å²) in [7, 11) is 3.95. The van der Waals surface area contributed by atoms with E-state index in [1.807, 2.05) is 42.1 Å². The molecule has 1 atom stereocenters. The van der Waals surface area contributed by atoms with E-state index in [1.54, 1.807) is 19.1 Å². The van der Waals surface area contributed by atoms with Crippen molar-refractivity contribution in [2.45, 2.75) is 32.3 Å². The highest BCUT2D eigenvalue weighted by Crippen LogP contribution is 2.43. The van der Waals surface area contributed by atoms with Gasteiger partial charge in [0, 0.05) is 31.6 Å². The van der Waals surface area contributed by atoms with Gasteiger partial charge in [-0.3, -0.25) is 14.4 Å².